The number of nitrogens with two attached hydrogens (primary N) is 1. The summed E-state index contributed by atoms with van der Waals surface area (Å²) >= 11 is 5.82. The first-order valence-corrected chi connectivity index (χ1v) is 4.53. The number of fused-ring (bicyclic) bond motifs is 1. The van der Waals surface area contributed by atoms with Crippen molar-refractivity contribution in [2.45, 2.75) is 12.8 Å². The average molecular weight is 214 g/mol. The molecule has 0 bridgehead atoms. The highest BCUT2D eigenvalue weighted by atomic mass is 35.5. The third-order valence-corrected chi connectivity index (χ3v) is 2.66. The van der Waals surface area contributed by atoms with Crippen LogP contribution in [0.25, 0.3) is 0 Å². The van der Waals surface area contributed by atoms with Crippen molar-refractivity contribution >= 4 is 17.4 Å². The van der Waals surface area contributed by atoms with Gasteiger partial charge in [0.1, 0.15) is 5.03 Å². The summed E-state index contributed by atoms with van der Waals surface area (Å²) in [6.07, 6.45) is 3.02. The Morgan fingerprint density at radius 2 is 2.36 bits per heavy atom. The van der Waals surface area contributed by atoms with Crippen LogP contribution in [0.1, 0.15) is 12.8 Å². The van der Waals surface area contributed by atoms with Crippen molar-refractivity contribution in [2.75, 3.05) is 0 Å². The highest BCUT2D eigenvalue weighted by Crippen LogP contribution is 2.44. The highest BCUT2D eigenvalue weighted by Gasteiger charge is 2.35. The van der Waals surface area contributed by atoms with Gasteiger partial charge < -0.3 is 5.73 Å². The van der Waals surface area contributed by atoms with Crippen LogP contribution in [-0.4, -0.2) is 10.8 Å². The second-order valence-electron chi connectivity index (χ2n) is 3.33. The van der Waals surface area contributed by atoms with E-state index in [9.17, 15) is 10.1 Å². The number of allylic oxidation sites excluding steroid dienone is 2. The van der Waals surface area contributed by atoms with Crippen molar-refractivity contribution < 1.29 is 4.92 Å². The van der Waals surface area contributed by atoms with Crippen molar-refractivity contribution in [3.63, 3.8) is 0 Å². The van der Waals surface area contributed by atoms with E-state index < -0.39 is 4.92 Å². The first-order valence-electron chi connectivity index (χ1n) is 4.15. The van der Waals surface area contributed by atoms with Gasteiger partial charge >= 0.3 is 5.70 Å². The molecule has 5 nitrogen and oxygen atoms in total. The van der Waals surface area contributed by atoms with Gasteiger partial charge in [0.25, 0.3) is 0 Å². The van der Waals surface area contributed by atoms with Crippen molar-refractivity contribution in [1.29, 1.82) is 0 Å². The van der Waals surface area contributed by atoms with Gasteiger partial charge in [-0.1, -0.05) is 11.6 Å². The van der Waals surface area contributed by atoms with Crippen LogP contribution in [-0.2, 0) is 0 Å². The maximum absolute atomic E-state index is 10.6. The molecule has 6 heteroatoms. The fraction of sp³-hybridized carbons (Fsp3) is 0.375. The lowest BCUT2D eigenvalue weighted by Crippen LogP contribution is -2.22. The van der Waals surface area contributed by atoms with E-state index in [1.54, 1.807) is 6.20 Å². The SMILES string of the molecule is NC1=NC=C2CC2CC(Cl)=C1[N+](=O)[O-]. The molecule has 0 spiro atoms. The summed E-state index contributed by atoms with van der Waals surface area (Å²) in [7, 11) is 0. The Bertz CT molecular complexity index is 397. The van der Waals surface area contributed by atoms with Crippen LogP contribution in [0.2, 0.25) is 0 Å². The number of hydrogen-bond donors (Lipinski definition) is 1. The largest absolute Gasteiger partial charge is 0.378 e. The molecule has 14 heavy (non-hydrogen) atoms. The van der Waals surface area contributed by atoms with Crippen LogP contribution in [0.4, 0.5) is 0 Å². The van der Waals surface area contributed by atoms with Crippen LogP contribution in [0.5, 0.6) is 0 Å². The second-order valence-corrected chi connectivity index (χ2v) is 3.79. The topological polar surface area (TPSA) is 81.5 Å². The molecule has 0 aromatic heterocycles. The summed E-state index contributed by atoms with van der Waals surface area (Å²) in [5.74, 6) is 0.215. The number of amidine groups is 1. The summed E-state index contributed by atoms with van der Waals surface area (Å²) < 4.78 is 0. The quantitative estimate of drug-likeness (QED) is 0.528. The van der Waals surface area contributed by atoms with Gasteiger partial charge in [0.2, 0.25) is 5.84 Å². The first kappa shape index (κ1) is 9.21. The molecular formula is C8H8ClN3O2. The van der Waals surface area contributed by atoms with E-state index in [1.807, 2.05) is 0 Å². The van der Waals surface area contributed by atoms with Crippen molar-refractivity contribution in [3.05, 3.63) is 32.6 Å². The zero-order valence-electron chi connectivity index (χ0n) is 7.24. The number of nitrogens with zero attached hydrogens (tertiary/aromatic N) is 2. The van der Waals surface area contributed by atoms with Gasteiger partial charge in [0.05, 0.1) is 4.92 Å². The minimum Gasteiger partial charge on any atom is -0.378 e. The van der Waals surface area contributed by atoms with Gasteiger partial charge in [0.15, 0.2) is 0 Å². The fourth-order valence-electron chi connectivity index (χ4n) is 1.45. The lowest BCUT2D eigenvalue weighted by atomic mass is 10.2. The zero-order valence-corrected chi connectivity index (χ0v) is 7.99. The van der Waals surface area contributed by atoms with Gasteiger partial charge in [0, 0.05) is 6.20 Å². The molecule has 0 radical (unpaired) electrons. The minimum atomic E-state index is -0.581. The normalized spacial score (nSPS) is 25.6. The van der Waals surface area contributed by atoms with Crippen LogP contribution < -0.4 is 5.73 Å². The third kappa shape index (κ3) is 1.50. The van der Waals surface area contributed by atoms with Crippen LogP contribution in [0, 0.1) is 16.0 Å². The highest BCUT2D eigenvalue weighted by molar-refractivity contribution is 6.31. The lowest BCUT2D eigenvalue weighted by Gasteiger charge is -2.02. The lowest BCUT2D eigenvalue weighted by molar-refractivity contribution is -0.416. The molecule has 1 saturated carbocycles. The molecule has 1 fully saturated rings. The molecule has 0 aromatic carbocycles. The maximum Gasteiger partial charge on any atom is 0.325 e. The molecule has 1 aliphatic carbocycles. The van der Waals surface area contributed by atoms with Gasteiger partial charge in [-0.05, 0) is 24.3 Å². The summed E-state index contributed by atoms with van der Waals surface area (Å²) in [5.41, 5.74) is 6.35. The molecule has 2 aliphatic rings. The van der Waals surface area contributed by atoms with E-state index in [0.29, 0.717) is 12.3 Å². The van der Waals surface area contributed by atoms with Gasteiger partial charge in [-0.3, -0.25) is 10.1 Å². The van der Waals surface area contributed by atoms with Crippen molar-refractivity contribution in [3.8, 4) is 0 Å². The molecule has 74 valence electrons. The minimum absolute atomic E-state index is 0.113. The Hall–Kier alpha value is -1.36. The molecule has 1 heterocycles. The second kappa shape index (κ2) is 3.09. The van der Waals surface area contributed by atoms with Gasteiger partial charge in [-0.2, -0.15) is 0 Å². The molecule has 0 aromatic rings. The van der Waals surface area contributed by atoms with Crippen LogP contribution >= 0.6 is 11.6 Å². The molecule has 0 saturated heterocycles. The van der Waals surface area contributed by atoms with E-state index in [0.717, 1.165) is 12.0 Å². The predicted molar refractivity (Wildman–Crippen MR) is 52.3 cm³/mol. The monoisotopic (exact) mass is 213 g/mol. The smallest absolute Gasteiger partial charge is 0.325 e. The zero-order chi connectivity index (χ0) is 10.3. The first-order chi connectivity index (χ1) is 6.59. The predicted octanol–water partition coefficient (Wildman–Crippen LogP) is 1.38. The fourth-order valence-corrected chi connectivity index (χ4v) is 1.80. The summed E-state index contributed by atoms with van der Waals surface area (Å²) in [6.45, 7) is 0. The number of rotatable bonds is 1. The molecule has 2 rings (SSSR count). The summed E-state index contributed by atoms with van der Waals surface area (Å²) in [6, 6.07) is 0. The average Bonchev–Trinajstić information content (AvgIpc) is 2.76. The van der Waals surface area contributed by atoms with Gasteiger partial charge in [-0.15, -0.1) is 0 Å². The van der Waals surface area contributed by atoms with E-state index >= 15 is 0 Å². The van der Waals surface area contributed by atoms with E-state index in [-0.39, 0.29) is 16.6 Å². The van der Waals surface area contributed by atoms with E-state index in [2.05, 4.69) is 4.99 Å². The molecule has 2 N–H and O–H groups in total. The van der Waals surface area contributed by atoms with Crippen LogP contribution in [0.3, 0.4) is 0 Å². The Balaban J connectivity index is 2.44. The van der Waals surface area contributed by atoms with Crippen LogP contribution in [0.15, 0.2) is 27.5 Å². The molecule has 1 aliphatic heterocycles. The standard InChI is InChI=1S/C8H8ClN3O2/c9-6-2-4-1-5(4)3-11-8(10)7(6)12(13)14/h3-4H,1-2H2,(H2,10,11). The van der Waals surface area contributed by atoms with E-state index in [4.69, 9.17) is 17.3 Å². The Labute approximate surface area is 85.1 Å². The molecular weight excluding hydrogens is 206 g/mol. The van der Waals surface area contributed by atoms with E-state index in [1.165, 1.54) is 0 Å². The third-order valence-electron chi connectivity index (χ3n) is 2.32. The van der Waals surface area contributed by atoms with Crippen molar-refractivity contribution in [1.82, 2.24) is 0 Å². The number of aliphatic imine (C=N–C) groups is 1. The molecule has 0 amide bonds. The molecule has 1 atom stereocenters. The number of halogens is 1. The Morgan fingerprint density at radius 1 is 1.64 bits per heavy atom. The van der Waals surface area contributed by atoms with Gasteiger partial charge in [-0.25, -0.2) is 4.99 Å². The Morgan fingerprint density at radius 3 is 3.00 bits per heavy atom. The Kier molecular flexibility index (Phi) is 2.03. The molecule has 1 unspecified atom stereocenters. The number of hydrogen-bond acceptors (Lipinski definition) is 4. The number of nitro groups is 1. The maximum atomic E-state index is 10.6. The summed E-state index contributed by atoms with van der Waals surface area (Å²) in [5, 5.41) is 10.8. The summed E-state index contributed by atoms with van der Waals surface area (Å²) in [4.78, 5) is 13.9. The van der Waals surface area contributed by atoms with Crippen molar-refractivity contribution in [2.24, 2.45) is 16.6 Å².